The average Bonchev–Trinajstić information content (AvgIpc) is 2.84. The van der Waals surface area contributed by atoms with Crippen LogP contribution in [0.25, 0.3) is 0 Å². The number of allylic oxidation sites excluding steroid dienone is 1. The van der Waals surface area contributed by atoms with Crippen LogP contribution in [0.1, 0.15) is 15.9 Å². The zero-order valence-electron chi connectivity index (χ0n) is 18.6. The van der Waals surface area contributed by atoms with E-state index in [1.54, 1.807) is 13.2 Å². The van der Waals surface area contributed by atoms with Crippen LogP contribution >= 0.6 is 0 Å². The van der Waals surface area contributed by atoms with E-state index < -0.39 is 0 Å². The molecule has 3 aromatic rings. The molecule has 1 aliphatic heterocycles. The molecule has 0 N–H and O–H groups in total. The second-order valence-electron chi connectivity index (χ2n) is 7.90. The van der Waals surface area contributed by atoms with Crippen LogP contribution in [-0.4, -0.2) is 48.9 Å². The average molecular weight is 447 g/mol. The van der Waals surface area contributed by atoms with Crippen molar-refractivity contribution in [2.75, 3.05) is 33.3 Å². The number of carbonyl (C=O) groups excluding carboxylic acids is 1. The zero-order chi connectivity index (χ0) is 23.0. The SMILES string of the molecule is COc1ccccc1Oc1cccc(CN2CCN(C=CC(=O)c3ccc(F)cc3)CC2)c1. The number of hydrogen-bond donors (Lipinski definition) is 0. The molecule has 0 atom stereocenters. The Morgan fingerprint density at radius 2 is 1.67 bits per heavy atom. The fourth-order valence-electron chi connectivity index (χ4n) is 3.75. The van der Waals surface area contributed by atoms with Crippen molar-refractivity contribution in [1.29, 1.82) is 0 Å². The van der Waals surface area contributed by atoms with E-state index in [1.807, 2.05) is 42.6 Å². The predicted molar refractivity (Wildman–Crippen MR) is 126 cm³/mol. The number of methoxy groups -OCH3 is 1. The number of piperazine rings is 1. The van der Waals surface area contributed by atoms with Crippen molar-refractivity contribution in [3.05, 3.63) is 102 Å². The minimum absolute atomic E-state index is 0.121. The molecule has 0 bridgehead atoms. The number of hydrogen-bond acceptors (Lipinski definition) is 5. The molecule has 5 nitrogen and oxygen atoms in total. The summed E-state index contributed by atoms with van der Waals surface area (Å²) in [4.78, 5) is 16.8. The maximum atomic E-state index is 13.0. The molecule has 0 amide bonds. The van der Waals surface area contributed by atoms with Gasteiger partial charge in [-0.2, -0.15) is 0 Å². The first-order valence-corrected chi connectivity index (χ1v) is 10.9. The van der Waals surface area contributed by atoms with Gasteiger partial charge < -0.3 is 14.4 Å². The van der Waals surface area contributed by atoms with Gasteiger partial charge in [0.15, 0.2) is 17.3 Å². The van der Waals surface area contributed by atoms with Crippen LogP contribution in [0.4, 0.5) is 4.39 Å². The summed E-state index contributed by atoms with van der Waals surface area (Å²) in [6.45, 7) is 4.30. The molecule has 0 saturated carbocycles. The van der Waals surface area contributed by atoms with Crippen LogP contribution in [0.15, 0.2) is 85.1 Å². The van der Waals surface area contributed by atoms with Gasteiger partial charge in [0.05, 0.1) is 7.11 Å². The topological polar surface area (TPSA) is 42.0 Å². The summed E-state index contributed by atoms with van der Waals surface area (Å²) < 4.78 is 24.4. The maximum Gasteiger partial charge on any atom is 0.187 e. The highest BCUT2D eigenvalue weighted by molar-refractivity contribution is 6.04. The number of halogens is 1. The van der Waals surface area contributed by atoms with Gasteiger partial charge in [0.1, 0.15) is 11.6 Å². The van der Waals surface area contributed by atoms with Crippen molar-refractivity contribution in [2.24, 2.45) is 0 Å². The minimum Gasteiger partial charge on any atom is -0.493 e. The van der Waals surface area contributed by atoms with E-state index in [0.717, 1.165) is 38.5 Å². The Hall–Kier alpha value is -3.64. The number of ketones is 1. The Bertz CT molecular complexity index is 1110. The molecule has 4 rings (SSSR count). The summed E-state index contributed by atoms with van der Waals surface area (Å²) in [6, 6.07) is 21.3. The van der Waals surface area contributed by atoms with Crippen molar-refractivity contribution in [3.63, 3.8) is 0 Å². The Morgan fingerprint density at radius 1 is 0.939 bits per heavy atom. The van der Waals surface area contributed by atoms with Crippen LogP contribution in [0.3, 0.4) is 0 Å². The first-order chi connectivity index (χ1) is 16.1. The van der Waals surface area contributed by atoms with E-state index in [-0.39, 0.29) is 11.6 Å². The third-order valence-electron chi connectivity index (χ3n) is 5.57. The lowest BCUT2D eigenvalue weighted by molar-refractivity contribution is 0.104. The molecule has 1 heterocycles. The molecule has 33 heavy (non-hydrogen) atoms. The molecular formula is C27H27FN2O3. The summed E-state index contributed by atoms with van der Waals surface area (Å²) in [7, 11) is 1.63. The molecule has 0 radical (unpaired) electrons. The summed E-state index contributed by atoms with van der Waals surface area (Å²) in [5.41, 5.74) is 1.67. The van der Waals surface area contributed by atoms with Crippen molar-refractivity contribution < 1.29 is 18.7 Å². The van der Waals surface area contributed by atoms with Gasteiger partial charge in [-0.05, 0) is 54.1 Å². The molecule has 1 saturated heterocycles. The third-order valence-corrected chi connectivity index (χ3v) is 5.57. The van der Waals surface area contributed by atoms with Crippen molar-refractivity contribution in [1.82, 2.24) is 9.80 Å². The Labute approximate surface area is 193 Å². The van der Waals surface area contributed by atoms with Gasteiger partial charge in [-0.15, -0.1) is 0 Å². The van der Waals surface area contributed by atoms with Crippen LogP contribution in [0.5, 0.6) is 17.2 Å². The Balaban J connectivity index is 1.29. The second-order valence-corrected chi connectivity index (χ2v) is 7.90. The first-order valence-electron chi connectivity index (χ1n) is 10.9. The van der Waals surface area contributed by atoms with Crippen LogP contribution in [0, 0.1) is 5.82 Å². The Kier molecular flexibility index (Phi) is 7.37. The normalized spacial score (nSPS) is 14.4. The highest BCUT2D eigenvalue weighted by atomic mass is 19.1. The van der Waals surface area contributed by atoms with Crippen molar-refractivity contribution in [3.8, 4) is 17.2 Å². The molecule has 6 heteroatoms. The van der Waals surface area contributed by atoms with Gasteiger partial charge in [0.25, 0.3) is 0 Å². The largest absolute Gasteiger partial charge is 0.493 e. The fourth-order valence-corrected chi connectivity index (χ4v) is 3.75. The summed E-state index contributed by atoms with van der Waals surface area (Å²) in [5.74, 6) is 1.70. The van der Waals surface area contributed by atoms with E-state index in [2.05, 4.69) is 21.9 Å². The van der Waals surface area contributed by atoms with Gasteiger partial charge in [-0.3, -0.25) is 9.69 Å². The van der Waals surface area contributed by atoms with E-state index in [4.69, 9.17) is 9.47 Å². The van der Waals surface area contributed by atoms with E-state index in [1.165, 1.54) is 29.8 Å². The lowest BCUT2D eigenvalue weighted by Crippen LogP contribution is -2.43. The quantitative estimate of drug-likeness (QED) is 0.354. The number of rotatable bonds is 8. The molecule has 0 spiro atoms. The second kappa shape index (κ2) is 10.8. The fraction of sp³-hybridized carbons (Fsp3) is 0.222. The number of carbonyl (C=O) groups is 1. The van der Waals surface area contributed by atoms with E-state index in [0.29, 0.717) is 17.1 Å². The number of nitrogens with zero attached hydrogens (tertiary/aromatic N) is 2. The smallest absolute Gasteiger partial charge is 0.187 e. The van der Waals surface area contributed by atoms with E-state index in [9.17, 15) is 9.18 Å². The van der Waals surface area contributed by atoms with Gasteiger partial charge in [-0.25, -0.2) is 4.39 Å². The van der Waals surface area contributed by atoms with Crippen LogP contribution < -0.4 is 9.47 Å². The lowest BCUT2D eigenvalue weighted by Gasteiger charge is -2.34. The predicted octanol–water partition coefficient (Wildman–Crippen LogP) is 5.14. The highest BCUT2D eigenvalue weighted by Crippen LogP contribution is 2.31. The van der Waals surface area contributed by atoms with Crippen molar-refractivity contribution in [2.45, 2.75) is 6.54 Å². The van der Waals surface area contributed by atoms with Crippen LogP contribution in [0.2, 0.25) is 0 Å². The molecule has 1 fully saturated rings. The summed E-state index contributed by atoms with van der Waals surface area (Å²) in [6.07, 6.45) is 3.40. The highest BCUT2D eigenvalue weighted by Gasteiger charge is 2.15. The monoisotopic (exact) mass is 446 g/mol. The standard InChI is InChI=1S/C27H27FN2O3/c1-32-26-7-2-3-8-27(26)33-24-6-4-5-21(19-24)20-30-17-15-29(16-18-30)14-13-25(31)22-9-11-23(28)12-10-22/h2-14,19H,15-18,20H2,1H3. The molecule has 3 aromatic carbocycles. The van der Waals surface area contributed by atoms with Gasteiger partial charge in [0.2, 0.25) is 0 Å². The van der Waals surface area contributed by atoms with Crippen molar-refractivity contribution >= 4 is 5.78 Å². The summed E-state index contributed by atoms with van der Waals surface area (Å²) >= 11 is 0. The van der Waals surface area contributed by atoms with Gasteiger partial charge >= 0.3 is 0 Å². The Morgan fingerprint density at radius 3 is 2.39 bits per heavy atom. The van der Waals surface area contributed by atoms with Crippen LogP contribution in [-0.2, 0) is 6.54 Å². The molecular weight excluding hydrogens is 419 g/mol. The number of benzene rings is 3. The zero-order valence-corrected chi connectivity index (χ0v) is 18.6. The van der Waals surface area contributed by atoms with Gasteiger partial charge in [0, 0.05) is 50.6 Å². The maximum absolute atomic E-state index is 13.0. The third kappa shape index (κ3) is 6.20. The minimum atomic E-state index is -0.344. The number of ether oxygens (including phenoxy) is 2. The molecule has 0 aliphatic carbocycles. The molecule has 1 aliphatic rings. The molecule has 0 unspecified atom stereocenters. The van der Waals surface area contributed by atoms with Gasteiger partial charge in [-0.1, -0.05) is 24.3 Å². The molecule has 0 aromatic heterocycles. The summed E-state index contributed by atoms with van der Waals surface area (Å²) in [5, 5.41) is 0. The number of para-hydroxylation sites is 2. The lowest BCUT2D eigenvalue weighted by atomic mass is 10.1. The molecule has 170 valence electrons. The van der Waals surface area contributed by atoms with E-state index >= 15 is 0 Å². The first kappa shape index (κ1) is 22.6.